The number of anilines is 2. The Hall–Kier alpha value is -3.80. The van der Waals surface area contributed by atoms with Crippen molar-refractivity contribution in [3.8, 4) is 5.75 Å². The number of hydrogen-bond acceptors (Lipinski definition) is 7. The minimum absolute atomic E-state index is 0.135. The number of nitrogens with zero attached hydrogens (tertiary/aromatic N) is 3. The molecule has 1 saturated carbocycles. The topological polar surface area (TPSA) is 149 Å². The van der Waals surface area contributed by atoms with Crippen molar-refractivity contribution in [2.75, 3.05) is 37.4 Å². The zero-order chi connectivity index (χ0) is 29.7. The number of amides is 5. The molecule has 1 aliphatic carbocycles. The Morgan fingerprint density at radius 3 is 2.59 bits per heavy atom. The molecule has 2 heterocycles. The molecule has 224 valence electrons. The lowest BCUT2D eigenvalue weighted by Crippen LogP contribution is -2.52. The maximum Gasteiger partial charge on any atom is 0.323 e. The molecular formula is C29H42N6O6. The second-order valence-electron chi connectivity index (χ2n) is 11.3. The summed E-state index contributed by atoms with van der Waals surface area (Å²) >= 11 is 0. The molecule has 12 nitrogen and oxygen atoms in total. The fourth-order valence-corrected chi connectivity index (χ4v) is 5.34. The quantitative estimate of drug-likeness (QED) is 0.391. The van der Waals surface area contributed by atoms with Crippen molar-refractivity contribution < 1.29 is 28.8 Å². The molecule has 0 bridgehead atoms. The normalized spacial score (nSPS) is 20.2. The summed E-state index contributed by atoms with van der Waals surface area (Å²) in [5, 5.41) is 22.4. The van der Waals surface area contributed by atoms with E-state index in [9.17, 15) is 19.5 Å². The van der Waals surface area contributed by atoms with E-state index < -0.39 is 18.2 Å². The molecule has 4 rings (SSSR count). The number of urea groups is 2. The van der Waals surface area contributed by atoms with Gasteiger partial charge in [0.2, 0.25) is 0 Å². The third kappa shape index (κ3) is 7.29. The Balaban J connectivity index is 1.54. The third-order valence-electron chi connectivity index (χ3n) is 7.93. The van der Waals surface area contributed by atoms with E-state index in [0.717, 1.165) is 25.7 Å². The summed E-state index contributed by atoms with van der Waals surface area (Å²) in [6.45, 7) is 7.61. The highest BCUT2D eigenvalue weighted by molar-refractivity contribution is 6.03. The highest BCUT2D eigenvalue weighted by Crippen LogP contribution is 2.31. The van der Waals surface area contributed by atoms with E-state index in [2.05, 4.69) is 21.1 Å². The SMILES string of the molecule is Cc1noc(C)c1NC(=O)Nc1ccc2c(c1)C(=O)N([C@H](C)CO)C[C@H](C)[C@H](CN(C)C(=O)NC1CCCCC1)O2. The zero-order valence-corrected chi connectivity index (χ0v) is 24.5. The van der Waals surface area contributed by atoms with Gasteiger partial charge in [-0.2, -0.15) is 0 Å². The molecule has 1 aliphatic heterocycles. The summed E-state index contributed by atoms with van der Waals surface area (Å²) in [4.78, 5) is 42.6. The molecule has 41 heavy (non-hydrogen) atoms. The number of carbonyl (C=O) groups is 3. The van der Waals surface area contributed by atoms with Gasteiger partial charge in [-0.05, 0) is 51.8 Å². The van der Waals surface area contributed by atoms with Crippen LogP contribution in [-0.4, -0.2) is 83.0 Å². The highest BCUT2D eigenvalue weighted by atomic mass is 16.5. The molecule has 4 N–H and O–H groups in total. The van der Waals surface area contributed by atoms with E-state index in [4.69, 9.17) is 9.26 Å². The molecule has 0 unspecified atom stereocenters. The number of carbonyl (C=O) groups excluding carboxylic acids is 3. The van der Waals surface area contributed by atoms with Gasteiger partial charge >= 0.3 is 12.1 Å². The van der Waals surface area contributed by atoms with Gasteiger partial charge in [0, 0.05) is 31.2 Å². The molecule has 1 aromatic heterocycles. The molecule has 3 atom stereocenters. The van der Waals surface area contributed by atoms with Gasteiger partial charge < -0.3 is 40.1 Å². The summed E-state index contributed by atoms with van der Waals surface area (Å²) in [6, 6.07) is 3.95. The smallest absolute Gasteiger partial charge is 0.323 e. The molecule has 1 aromatic carbocycles. The van der Waals surface area contributed by atoms with Crippen molar-refractivity contribution in [1.82, 2.24) is 20.3 Å². The molecule has 12 heteroatoms. The molecular weight excluding hydrogens is 528 g/mol. The lowest BCUT2D eigenvalue weighted by molar-refractivity contribution is 0.0366. The van der Waals surface area contributed by atoms with E-state index in [0.29, 0.717) is 41.7 Å². The van der Waals surface area contributed by atoms with Crippen molar-refractivity contribution in [3.63, 3.8) is 0 Å². The van der Waals surface area contributed by atoms with Crippen LogP contribution in [0.5, 0.6) is 5.75 Å². The number of nitrogens with one attached hydrogen (secondary N) is 3. The number of ether oxygens (including phenoxy) is 1. The van der Waals surface area contributed by atoms with E-state index >= 15 is 0 Å². The van der Waals surface area contributed by atoms with Crippen LogP contribution in [0.2, 0.25) is 0 Å². The number of aromatic nitrogens is 1. The van der Waals surface area contributed by atoms with Crippen LogP contribution in [0.3, 0.4) is 0 Å². The van der Waals surface area contributed by atoms with E-state index in [1.165, 1.54) is 6.42 Å². The average Bonchev–Trinajstić information content (AvgIpc) is 3.27. The number of aliphatic hydroxyl groups excluding tert-OH is 1. The van der Waals surface area contributed by atoms with E-state index in [1.54, 1.807) is 55.8 Å². The summed E-state index contributed by atoms with van der Waals surface area (Å²) in [5.41, 5.74) is 1.66. The molecule has 2 aliphatic rings. The van der Waals surface area contributed by atoms with Crippen LogP contribution in [-0.2, 0) is 0 Å². The number of fused-ring (bicyclic) bond motifs is 1. The molecule has 0 spiro atoms. The third-order valence-corrected chi connectivity index (χ3v) is 7.93. The summed E-state index contributed by atoms with van der Waals surface area (Å²) < 4.78 is 11.5. The van der Waals surface area contributed by atoms with Crippen molar-refractivity contribution in [2.45, 2.75) is 78.0 Å². The molecule has 2 aromatic rings. The summed E-state index contributed by atoms with van der Waals surface area (Å²) in [7, 11) is 1.75. The van der Waals surface area contributed by atoms with Crippen molar-refractivity contribution >= 4 is 29.3 Å². The second kappa shape index (κ2) is 13.2. The van der Waals surface area contributed by atoms with E-state index in [1.807, 2.05) is 6.92 Å². The number of aryl methyl sites for hydroxylation is 2. The monoisotopic (exact) mass is 570 g/mol. The first-order chi connectivity index (χ1) is 19.6. The van der Waals surface area contributed by atoms with Gasteiger partial charge in [0.25, 0.3) is 5.91 Å². The predicted molar refractivity (Wildman–Crippen MR) is 154 cm³/mol. The summed E-state index contributed by atoms with van der Waals surface area (Å²) in [6.07, 6.45) is 5.02. The number of hydrogen-bond donors (Lipinski definition) is 4. The fourth-order valence-electron chi connectivity index (χ4n) is 5.34. The van der Waals surface area contributed by atoms with Crippen molar-refractivity contribution in [3.05, 3.63) is 35.2 Å². The zero-order valence-electron chi connectivity index (χ0n) is 24.5. The van der Waals surface area contributed by atoms with Crippen molar-refractivity contribution in [2.24, 2.45) is 5.92 Å². The number of rotatable bonds is 7. The Bertz CT molecular complexity index is 1220. The van der Waals surface area contributed by atoms with Gasteiger partial charge in [0.05, 0.1) is 24.8 Å². The van der Waals surface area contributed by atoms with Gasteiger partial charge in [0.1, 0.15) is 23.2 Å². The maximum atomic E-state index is 13.7. The number of benzene rings is 1. The average molecular weight is 571 g/mol. The Labute approximate surface area is 240 Å². The van der Waals surface area contributed by atoms with Gasteiger partial charge in [-0.3, -0.25) is 4.79 Å². The number of aliphatic hydroxyl groups is 1. The van der Waals surface area contributed by atoms with Crippen molar-refractivity contribution in [1.29, 1.82) is 0 Å². The van der Waals surface area contributed by atoms with Gasteiger partial charge in [0.15, 0.2) is 5.76 Å². The standard InChI is InChI=1S/C29H42N6O6/c1-17-14-35(18(2)16-36)27(37)23-13-22(30-28(38)32-26-19(3)33-41-20(26)4)11-12-24(23)40-25(17)15-34(5)29(39)31-21-9-7-6-8-10-21/h11-13,17-18,21,25,36H,6-10,14-16H2,1-5H3,(H,31,39)(H2,30,32,38)/t17-,18+,25-/m0/s1. The van der Waals surface area contributed by atoms with Gasteiger partial charge in [-0.15, -0.1) is 0 Å². The minimum atomic E-state index is -0.517. The predicted octanol–water partition coefficient (Wildman–Crippen LogP) is 4.13. The first-order valence-corrected chi connectivity index (χ1v) is 14.3. The Kier molecular flexibility index (Phi) is 9.74. The largest absolute Gasteiger partial charge is 0.487 e. The van der Waals surface area contributed by atoms with Crippen LogP contribution in [0.1, 0.15) is 67.8 Å². The van der Waals surface area contributed by atoms with Gasteiger partial charge in [-0.1, -0.05) is 31.3 Å². The lowest BCUT2D eigenvalue weighted by atomic mass is 9.96. The summed E-state index contributed by atoms with van der Waals surface area (Å²) in [5.74, 6) is 0.375. The Morgan fingerprint density at radius 1 is 1.20 bits per heavy atom. The molecule has 0 radical (unpaired) electrons. The van der Waals surface area contributed by atoms with E-state index in [-0.39, 0.29) is 36.1 Å². The second-order valence-corrected chi connectivity index (χ2v) is 11.3. The molecule has 5 amide bonds. The first kappa shape index (κ1) is 30.2. The van der Waals surface area contributed by atoms with Crippen LogP contribution in [0, 0.1) is 19.8 Å². The fraction of sp³-hybridized carbons (Fsp3) is 0.586. The minimum Gasteiger partial charge on any atom is -0.487 e. The first-order valence-electron chi connectivity index (χ1n) is 14.3. The van der Waals surface area contributed by atoms with Crippen LogP contribution in [0.4, 0.5) is 21.0 Å². The van der Waals surface area contributed by atoms with Crippen LogP contribution >= 0.6 is 0 Å². The van der Waals surface area contributed by atoms with Crippen LogP contribution in [0.25, 0.3) is 0 Å². The maximum absolute atomic E-state index is 13.7. The molecule has 1 fully saturated rings. The highest BCUT2D eigenvalue weighted by Gasteiger charge is 2.34. The molecule has 0 saturated heterocycles. The van der Waals surface area contributed by atoms with Gasteiger partial charge in [-0.25, -0.2) is 9.59 Å². The lowest BCUT2D eigenvalue weighted by Gasteiger charge is -2.38. The van der Waals surface area contributed by atoms with Crippen LogP contribution in [0.15, 0.2) is 22.7 Å². The Morgan fingerprint density at radius 2 is 1.93 bits per heavy atom. The van der Waals surface area contributed by atoms with Crippen LogP contribution < -0.4 is 20.7 Å². The number of likely N-dealkylation sites (N-methyl/N-ethyl adjacent to an activating group) is 1.